The van der Waals surface area contributed by atoms with Crippen LogP contribution in [-0.2, 0) is 0 Å². The normalized spacial score (nSPS) is 17.5. The van der Waals surface area contributed by atoms with Gasteiger partial charge in [-0.3, -0.25) is 0 Å². The first-order valence-electron chi connectivity index (χ1n) is 6.46. The lowest BCUT2D eigenvalue weighted by molar-refractivity contribution is 0.301. The summed E-state index contributed by atoms with van der Waals surface area (Å²) in [5.74, 6) is 0.698. The summed E-state index contributed by atoms with van der Waals surface area (Å²) in [6.45, 7) is 5.52. The number of rotatable bonds is 4. The van der Waals surface area contributed by atoms with E-state index in [-0.39, 0.29) is 0 Å². The monoisotopic (exact) mass is 253 g/mol. The molecule has 17 heavy (non-hydrogen) atoms. The summed E-state index contributed by atoms with van der Waals surface area (Å²) in [5, 5.41) is 9.66. The fourth-order valence-corrected chi connectivity index (χ4v) is 2.92. The van der Waals surface area contributed by atoms with Gasteiger partial charge in [0.1, 0.15) is 0 Å². The standard InChI is InChI=1S/C13H23N3S/c1-11(2)8-9-16(12-6-4-5-7-12)13(17-3)15-10-14/h11-12H,4-9H2,1-3H3. The van der Waals surface area contributed by atoms with Gasteiger partial charge in [-0.05, 0) is 31.4 Å². The fourth-order valence-electron chi connectivity index (χ4n) is 2.32. The maximum Gasteiger partial charge on any atom is 0.208 e. The maximum absolute atomic E-state index is 8.76. The van der Waals surface area contributed by atoms with Crippen LogP contribution in [0.25, 0.3) is 0 Å². The minimum absolute atomic E-state index is 0.605. The van der Waals surface area contributed by atoms with E-state index in [1.165, 1.54) is 32.1 Å². The Balaban J connectivity index is 2.69. The summed E-state index contributed by atoms with van der Waals surface area (Å²) in [6, 6.07) is 0.605. The highest BCUT2D eigenvalue weighted by Gasteiger charge is 2.25. The molecule has 0 heterocycles. The maximum atomic E-state index is 8.76. The quantitative estimate of drug-likeness (QED) is 0.437. The van der Waals surface area contributed by atoms with E-state index >= 15 is 0 Å². The van der Waals surface area contributed by atoms with Crippen molar-refractivity contribution in [2.24, 2.45) is 10.9 Å². The zero-order valence-electron chi connectivity index (χ0n) is 11.1. The highest BCUT2D eigenvalue weighted by molar-refractivity contribution is 8.13. The molecular formula is C13H23N3S. The zero-order chi connectivity index (χ0) is 12.7. The minimum atomic E-state index is 0.605. The molecule has 3 nitrogen and oxygen atoms in total. The third-order valence-corrected chi connectivity index (χ3v) is 3.98. The van der Waals surface area contributed by atoms with E-state index in [1.807, 2.05) is 12.4 Å². The van der Waals surface area contributed by atoms with Gasteiger partial charge in [-0.2, -0.15) is 5.26 Å². The van der Waals surface area contributed by atoms with Crippen LogP contribution in [0.4, 0.5) is 0 Å². The zero-order valence-corrected chi connectivity index (χ0v) is 12.0. The van der Waals surface area contributed by atoms with E-state index in [0.717, 1.165) is 11.7 Å². The van der Waals surface area contributed by atoms with Crippen LogP contribution in [-0.4, -0.2) is 28.9 Å². The fraction of sp³-hybridized carbons (Fsp3) is 0.846. The molecule has 0 bridgehead atoms. The molecule has 0 N–H and O–H groups in total. The van der Waals surface area contributed by atoms with Gasteiger partial charge in [0, 0.05) is 12.6 Å². The van der Waals surface area contributed by atoms with Gasteiger partial charge in [0.15, 0.2) is 5.17 Å². The molecule has 1 rings (SSSR count). The average Bonchev–Trinajstić information content (AvgIpc) is 2.81. The first-order chi connectivity index (χ1) is 8.19. The van der Waals surface area contributed by atoms with Crippen LogP contribution in [0.1, 0.15) is 46.0 Å². The molecule has 0 aromatic heterocycles. The highest BCUT2D eigenvalue weighted by atomic mass is 32.2. The lowest BCUT2D eigenvalue weighted by atomic mass is 10.1. The first-order valence-corrected chi connectivity index (χ1v) is 7.69. The summed E-state index contributed by atoms with van der Waals surface area (Å²) in [6.07, 6.45) is 10.3. The van der Waals surface area contributed by atoms with Gasteiger partial charge in [-0.1, -0.05) is 38.5 Å². The topological polar surface area (TPSA) is 39.4 Å². The van der Waals surface area contributed by atoms with Crippen molar-refractivity contribution in [3.63, 3.8) is 0 Å². The van der Waals surface area contributed by atoms with Crippen molar-refractivity contribution >= 4 is 16.9 Å². The Morgan fingerprint density at radius 3 is 2.59 bits per heavy atom. The number of aliphatic imine (C=N–C) groups is 1. The molecule has 1 aliphatic carbocycles. The van der Waals surface area contributed by atoms with Crippen LogP contribution in [0.2, 0.25) is 0 Å². The van der Waals surface area contributed by atoms with E-state index in [2.05, 4.69) is 23.7 Å². The van der Waals surface area contributed by atoms with Crippen molar-refractivity contribution in [1.29, 1.82) is 5.26 Å². The predicted octanol–water partition coefficient (Wildman–Crippen LogP) is 3.48. The van der Waals surface area contributed by atoms with Crippen LogP contribution in [0.15, 0.2) is 4.99 Å². The van der Waals surface area contributed by atoms with Gasteiger partial charge < -0.3 is 4.90 Å². The number of nitrogens with zero attached hydrogens (tertiary/aromatic N) is 3. The molecule has 1 aliphatic rings. The van der Waals surface area contributed by atoms with E-state index in [0.29, 0.717) is 12.0 Å². The van der Waals surface area contributed by atoms with Crippen molar-refractivity contribution in [3.05, 3.63) is 0 Å². The Bertz CT molecular complexity index is 288. The molecule has 0 unspecified atom stereocenters. The Kier molecular flexibility index (Phi) is 6.43. The van der Waals surface area contributed by atoms with Crippen molar-refractivity contribution in [1.82, 2.24) is 4.90 Å². The molecule has 0 amide bonds. The molecule has 0 saturated heterocycles. The van der Waals surface area contributed by atoms with Gasteiger partial charge in [0.25, 0.3) is 0 Å². The Morgan fingerprint density at radius 2 is 2.12 bits per heavy atom. The first kappa shape index (κ1) is 14.4. The van der Waals surface area contributed by atoms with E-state index in [9.17, 15) is 0 Å². The SMILES string of the molecule is CSC(=NC#N)N(CCC(C)C)C1CCCC1. The lowest BCUT2D eigenvalue weighted by Gasteiger charge is -2.31. The molecule has 1 saturated carbocycles. The molecule has 0 radical (unpaired) electrons. The van der Waals surface area contributed by atoms with E-state index < -0.39 is 0 Å². The number of hydrogen-bond acceptors (Lipinski definition) is 3. The molecular weight excluding hydrogens is 230 g/mol. The lowest BCUT2D eigenvalue weighted by Crippen LogP contribution is -2.38. The van der Waals surface area contributed by atoms with Crippen molar-refractivity contribution in [3.8, 4) is 6.19 Å². The van der Waals surface area contributed by atoms with Crippen LogP contribution in [0, 0.1) is 17.4 Å². The van der Waals surface area contributed by atoms with Gasteiger partial charge >= 0.3 is 0 Å². The highest BCUT2D eigenvalue weighted by Crippen LogP contribution is 2.26. The molecule has 0 aromatic carbocycles. The third-order valence-electron chi connectivity index (χ3n) is 3.29. The molecule has 0 spiro atoms. The van der Waals surface area contributed by atoms with Crippen molar-refractivity contribution in [2.45, 2.75) is 52.0 Å². The largest absolute Gasteiger partial charge is 0.348 e. The summed E-state index contributed by atoms with van der Waals surface area (Å²) in [5.41, 5.74) is 0. The van der Waals surface area contributed by atoms with Crippen molar-refractivity contribution < 1.29 is 0 Å². The van der Waals surface area contributed by atoms with Crippen LogP contribution >= 0.6 is 11.8 Å². The Labute approximate surface area is 109 Å². The molecule has 0 atom stereocenters. The minimum Gasteiger partial charge on any atom is -0.348 e. The number of hydrogen-bond donors (Lipinski definition) is 0. The summed E-state index contributed by atoms with van der Waals surface area (Å²) < 4.78 is 0. The van der Waals surface area contributed by atoms with Crippen LogP contribution in [0.5, 0.6) is 0 Å². The second-order valence-electron chi connectivity index (χ2n) is 5.01. The van der Waals surface area contributed by atoms with Gasteiger partial charge in [-0.25, -0.2) is 0 Å². The second kappa shape index (κ2) is 7.60. The van der Waals surface area contributed by atoms with E-state index in [4.69, 9.17) is 5.26 Å². The third kappa shape index (κ3) is 4.59. The molecule has 96 valence electrons. The van der Waals surface area contributed by atoms with Gasteiger partial charge in [0.2, 0.25) is 6.19 Å². The Morgan fingerprint density at radius 1 is 1.47 bits per heavy atom. The molecule has 0 aliphatic heterocycles. The summed E-state index contributed by atoms with van der Waals surface area (Å²) >= 11 is 1.59. The predicted molar refractivity (Wildman–Crippen MR) is 75.0 cm³/mol. The van der Waals surface area contributed by atoms with Crippen LogP contribution in [0.3, 0.4) is 0 Å². The Hall–Kier alpha value is -0.690. The number of nitriles is 1. The van der Waals surface area contributed by atoms with E-state index in [1.54, 1.807) is 11.8 Å². The molecule has 4 heteroatoms. The van der Waals surface area contributed by atoms with Gasteiger partial charge in [0.05, 0.1) is 0 Å². The number of amidine groups is 1. The average molecular weight is 253 g/mol. The molecule has 1 fully saturated rings. The van der Waals surface area contributed by atoms with Gasteiger partial charge in [-0.15, -0.1) is 4.99 Å². The summed E-state index contributed by atoms with van der Waals surface area (Å²) in [7, 11) is 0. The second-order valence-corrected chi connectivity index (χ2v) is 5.79. The number of thioether (sulfide) groups is 1. The molecule has 0 aromatic rings. The van der Waals surface area contributed by atoms with Crippen LogP contribution < -0.4 is 0 Å². The smallest absolute Gasteiger partial charge is 0.208 e. The summed E-state index contributed by atoms with van der Waals surface area (Å²) in [4.78, 5) is 6.34. The van der Waals surface area contributed by atoms with Crippen molar-refractivity contribution in [2.75, 3.05) is 12.8 Å².